The molecule has 0 radical (unpaired) electrons. The number of benzene rings is 1. The maximum atomic E-state index is 11.8. The highest BCUT2D eigenvalue weighted by Gasteiger charge is 2.16. The van der Waals surface area contributed by atoms with Crippen LogP contribution < -0.4 is 5.32 Å². The summed E-state index contributed by atoms with van der Waals surface area (Å²) in [6, 6.07) is 9.67. The minimum atomic E-state index is 0.0620. The van der Waals surface area contributed by atoms with Crippen LogP contribution in [-0.4, -0.2) is 11.9 Å². The normalized spacial score (nSPS) is 15.5. The molecule has 0 aromatic heterocycles. The van der Waals surface area contributed by atoms with E-state index in [9.17, 15) is 4.79 Å². The first-order valence-corrected chi connectivity index (χ1v) is 6.06. The quantitative estimate of drug-likeness (QED) is 0.861. The van der Waals surface area contributed by atoms with Gasteiger partial charge in [0.1, 0.15) is 0 Å². The summed E-state index contributed by atoms with van der Waals surface area (Å²) >= 11 is 0. The van der Waals surface area contributed by atoms with Crippen LogP contribution in [0.25, 0.3) is 0 Å². The van der Waals surface area contributed by atoms with E-state index in [2.05, 4.69) is 11.4 Å². The maximum Gasteiger partial charge on any atom is 0.224 e. The van der Waals surface area contributed by atoms with E-state index < -0.39 is 0 Å². The van der Waals surface area contributed by atoms with Gasteiger partial charge in [-0.3, -0.25) is 4.79 Å². The van der Waals surface area contributed by atoms with Crippen molar-refractivity contribution in [2.24, 2.45) is 0 Å². The Morgan fingerprint density at radius 2 is 2.18 bits per heavy atom. The van der Waals surface area contributed by atoms with Crippen molar-refractivity contribution in [3.63, 3.8) is 0 Å². The fourth-order valence-corrected chi connectivity index (χ4v) is 2.29. The van der Waals surface area contributed by atoms with E-state index in [0.717, 1.165) is 18.4 Å². The first-order valence-electron chi connectivity index (χ1n) is 6.06. The average molecular weight is 228 g/mol. The zero-order chi connectivity index (χ0) is 12.1. The highest BCUT2D eigenvalue weighted by Crippen LogP contribution is 2.17. The lowest BCUT2D eigenvalue weighted by Gasteiger charge is -2.11. The molecule has 1 N–H and O–H groups in total. The minimum absolute atomic E-state index is 0.0620. The minimum Gasteiger partial charge on any atom is -0.353 e. The summed E-state index contributed by atoms with van der Waals surface area (Å²) in [5.41, 5.74) is 1.51. The topological polar surface area (TPSA) is 52.9 Å². The van der Waals surface area contributed by atoms with Crippen molar-refractivity contribution in [1.29, 1.82) is 5.26 Å². The maximum absolute atomic E-state index is 11.8. The molecule has 0 atom stereocenters. The molecule has 0 bridgehead atoms. The molecule has 3 nitrogen and oxygen atoms in total. The molecule has 88 valence electrons. The van der Waals surface area contributed by atoms with Crippen LogP contribution in [0.5, 0.6) is 0 Å². The zero-order valence-electron chi connectivity index (χ0n) is 9.78. The Morgan fingerprint density at radius 3 is 2.88 bits per heavy atom. The molecule has 0 heterocycles. The molecule has 1 aromatic rings. The van der Waals surface area contributed by atoms with Crippen molar-refractivity contribution in [3.05, 3.63) is 35.4 Å². The zero-order valence-corrected chi connectivity index (χ0v) is 9.78. The summed E-state index contributed by atoms with van der Waals surface area (Å²) in [6.07, 6.45) is 5.00. The van der Waals surface area contributed by atoms with Gasteiger partial charge in [-0.15, -0.1) is 0 Å². The Kier molecular flexibility index (Phi) is 3.77. The van der Waals surface area contributed by atoms with Gasteiger partial charge in [0.25, 0.3) is 0 Å². The third-order valence-electron chi connectivity index (χ3n) is 3.14. The Labute approximate surface area is 101 Å². The van der Waals surface area contributed by atoms with Crippen molar-refractivity contribution in [2.45, 2.75) is 38.1 Å². The number of nitrogens with zero attached hydrogens (tertiary/aromatic N) is 1. The largest absolute Gasteiger partial charge is 0.353 e. The van der Waals surface area contributed by atoms with Gasteiger partial charge < -0.3 is 5.32 Å². The van der Waals surface area contributed by atoms with Crippen LogP contribution in [0, 0.1) is 11.3 Å². The molecular formula is C14H16N2O. The fraction of sp³-hybridized carbons (Fsp3) is 0.429. The van der Waals surface area contributed by atoms with Crippen LogP contribution in [0.4, 0.5) is 0 Å². The SMILES string of the molecule is N#Cc1cccc(CC(=O)NC2CCCC2)c1. The molecule has 0 saturated heterocycles. The number of amides is 1. The van der Waals surface area contributed by atoms with Crippen molar-refractivity contribution in [3.8, 4) is 6.07 Å². The molecule has 1 aromatic carbocycles. The van der Waals surface area contributed by atoms with E-state index in [1.54, 1.807) is 12.1 Å². The summed E-state index contributed by atoms with van der Waals surface area (Å²) in [6.45, 7) is 0. The number of carbonyl (C=O) groups excluding carboxylic acids is 1. The van der Waals surface area contributed by atoms with E-state index >= 15 is 0 Å². The molecule has 0 aliphatic heterocycles. The molecule has 2 rings (SSSR count). The predicted octanol–water partition coefficient (Wildman–Crippen LogP) is 2.16. The van der Waals surface area contributed by atoms with Gasteiger partial charge in [-0.1, -0.05) is 25.0 Å². The second-order valence-electron chi connectivity index (χ2n) is 4.54. The van der Waals surface area contributed by atoms with E-state index in [1.807, 2.05) is 12.1 Å². The number of nitriles is 1. The van der Waals surface area contributed by atoms with Crippen LogP contribution in [0.1, 0.15) is 36.8 Å². The monoisotopic (exact) mass is 228 g/mol. The van der Waals surface area contributed by atoms with Gasteiger partial charge in [0.05, 0.1) is 18.1 Å². The summed E-state index contributed by atoms with van der Waals surface area (Å²) in [7, 11) is 0. The first kappa shape index (κ1) is 11.7. The second-order valence-corrected chi connectivity index (χ2v) is 4.54. The molecule has 0 unspecified atom stereocenters. The van der Waals surface area contributed by atoms with Gasteiger partial charge in [-0.05, 0) is 30.5 Å². The Morgan fingerprint density at radius 1 is 1.41 bits per heavy atom. The molecule has 1 fully saturated rings. The van der Waals surface area contributed by atoms with Crippen molar-refractivity contribution >= 4 is 5.91 Å². The smallest absolute Gasteiger partial charge is 0.224 e. The lowest BCUT2D eigenvalue weighted by atomic mass is 10.1. The molecule has 1 aliphatic rings. The van der Waals surface area contributed by atoms with Crippen LogP contribution in [0.2, 0.25) is 0 Å². The third-order valence-corrected chi connectivity index (χ3v) is 3.14. The fourth-order valence-electron chi connectivity index (χ4n) is 2.29. The van der Waals surface area contributed by atoms with Crippen molar-refractivity contribution in [2.75, 3.05) is 0 Å². The lowest BCUT2D eigenvalue weighted by molar-refractivity contribution is -0.121. The number of hydrogen-bond donors (Lipinski definition) is 1. The number of carbonyl (C=O) groups is 1. The van der Waals surface area contributed by atoms with Crippen molar-refractivity contribution < 1.29 is 4.79 Å². The van der Waals surface area contributed by atoms with Crippen LogP contribution in [0.3, 0.4) is 0 Å². The summed E-state index contributed by atoms with van der Waals surface area (Å²) in [5, 5.41) is 11.8. The van der Waals surface area contributed by atoms with Gasteiger partial charge in [0.2, 0.25) is 5.91 Å². The molecule has 0 spiro atoms. The third kappa shape index (κ3) is 3.32. The molecule has 1 aliphatic carbocycles. The lowest BCUT2D eigenvalue weighted by Crippen LogP contribution is -2.33. The van der Waals surface area contributed by atoms with Gasteiger partial charge in [0.15, 0.2) is 0 Å². The van der Waals surface area contributed by atoms with Gasteiger partial charge in [-0.25, -0.2) is 0 Å². The molecule has 1 amide bonds. The number of rotatable bonds is 3. The van der Waals surface area contributed by atoms with Gasteiger partial charge in [-0.2, -0.15) is 5.26 Å². The summed E-state index contributed by atoms with van der Waals surface area (Å²) in [4.78, 5) is 11.8. The average Bonchev–Trinajstić information content (AvgIpc) is 2.82. The Hall–Kier alpha value is -1.82. The van der Waals surface area contributed by atoms with E-state index in [-0.39, 0.29) is 5.91 Å². The van der Waals surface area contributed by atoms with Gasteiger partial charge in [0, 0.05) is 6.04 Å². The first-order chi connectivity index (χ1) is 8.28. The predicted molar refractivity (Wildman–Crippen MR) is 65.3 cm³/mol. The van der Waals surface area contributed by atoms with Crippen LogP contribution in [0.15, 0.2) is 24.3 Å². The summed E-state index contributed by atoms with van der Waals surface area (Å²) < 4.78 is 0. The molecular weight excluding hydrogens is 212 g/mol. The summed E-state index contributed by atoms with van der Waals surface area (Å²) in [5.74, 6) is 0.0620. The van der Waals surface area contributed by atoms with E-state index in [4.69, 9.17) is 5.26 Å². The Bertz CT molecular complexity index is 442. The molecule has 1 saturated carbocycles. The van der Waals surface area contributed by atoms with Crippen LogP contribution >= 0.6 is 0 Å². The highest BCUT2D eigenvalue weighted by atomic mass is 16.1. The molecule has 3 heteroatoms. The highest BCUT2D eigenvalue weighted by molar-refractivity contribution is 5.79. The van der Waals surface area contributed by atoms with E-state index in [1.165, 1.54) is 12.8 Å². The second kappa shape index (κ2) is 5.49. The number of nitrogens with one attached hydrogen (secondary N) is 1. The standard InChI is InChI=1S/C14H16N2O/c15-10-12-5-3-4-11(8-12)9-14(17)16-13-6-1-2-7-13/h3-5,8,13H,1-2,6-7,9H2,(H,16,17). The number of hydrogen-bond acceptors (Lipinski definition) is 2. The molecule has 17 heavy (non-hydrogen) atoms. The van der Waals surface area contributed by atoms with Crippen molar-refractivity contribution in [1.82, 2.24) is 5.32 Å². The Balaban J connectivity index is 1.91. The van der Waals surface area contributed by atoms with Gasteiger partial charge >= 0.3 is 0 Å². The van der Waals surface area contributed by atoms with Crippen LogP contribution in [-0.2, 0) is 11.2 Å². The van der Waals surface area contributed by atoms with E-state index in [0.29, 0.717) is 18.0 Å².